The van der Waals surface area contributed by atoms with Gasteiger partial charge in [0.05, 0.1) is 13.2 Å². The zero-order valence-corrected chi connectivity index (χ0v) is 13.6. The first-order valence-corrected chi connectivity index (χ1v) is 8.18. The summed E-state index contributed by atoms with van der Waals surface area (Å²) in [6.45, 7) is 6.82. The summed E-state index contributed by atoms with van der Waals surface area (Å²) >= 11 is 0. The molecule has 0 radical (unpaired) electrons. The Morgan fingerprint density at radius 2 is 1.91 bits per heavy atom. The lowest BCUT2D eigenvalue weighted by Crippen LogP contribution is -2.39. The van der Waals surface area contributed by atoms with Crippen LogP contribution >= 0.6 is 0 Å². The van der Waals surface area contributed by atoms with E-state index in [-0.39, 0.29) is 0 Å². The molecule has 1 saturated heterocycles. The lowest BCUT2D eigenvalue weighted by Gasteiger charge is -2.26. The molecule has 2 amide bonds. The van der Waals surface area contributed by atoms with Gasteiger partial charge in [-0.3, -0.25) is 14.5 Å². The fourth-order valence-electron chi connectivity index (χ4n) is 2.54. The molecule has 126 valence electrons. The number of aryl methyl sites for hydroxylation is 1. The van der Waals surface area contributed by atoms with Gasteiger partial charge >= 0.3 is 11.8 Å². The summed E-state index contributed by atoms with van der Waals surface area (Å²) in [7, 11) is 0. The van der Waals surface area contributed by atoms with Crippen LogP contribution in [0.4, 0.5) is 5.69 Å². The third-order valence-corrected chi connectivity index (χ3v) is 3.89. The number of morpholine rings is 1. The zero-order chi connectivity index (χ0) is 16.5. The number of nitrogens with one attached hydrogen (secondary N) is 2. The molecule has 1 fully saturated rings. The number of rotatable bonds is 6. The van der Waals surface area contributed by atoms with E-state index >= 15 is 0 Å². The van der Waals surface area contributed by atoms with Crippen LogP contribution in [0.1, 0.15) is 18.9 Å². The third kappa shape index (κ3) is 5.65. The van der Waals surface area contributed by atoms with Gasteiger partial charge in [-0.1, -0.05) is 25.1 Å². The summed E-state index contributed by atoms with van der Waals surface area (Å²) < 4.78 is 5.29. The van der Waals surface area contributed by atoms with Gasteiger partial charge in [-0.2, -0.15) is 0 Å². The molecule has 0 aromatic heterocycles. The maximum absolute atomic E-state index is 11.9. The number of ether oxygens (including phenoxy) is 1. The molecule has 1 heterocycles. The normalized spacial score (nSPS) is 15.2. The Kier molecular flexibility index (Phi) is 7.03. The molecule has 0 aliphatic carbocycles. The number of nitrogens with zero attached hydrogens (tertiary/aromatic N) is 1. The van der Waals surface area contributed by atoms with E-state index in [4.69, 9.17) is 4.74 Å². The van der Waals surface area contributed by atoms with Gasteiger partial charge in [-0.25, -0.2) is 0 Å². The molecule has 0 bridgehead atoms. The SMILES string of the molecule is CCc1ccccc1NC(=O)C(=O)NCCCN1CCOCC1. The van der Waals surface area contributed by atoms with E-state index in [0.717, 1.165) is 51.3 Å². The van der Waals surface area contributed by atoms with Crippen LogP contribution in [0.15, 0.2) is 24.3 Å². The van der Waals surface area contributed by atoms with Crippen molar-refractivity contribution in [1.29, 1.82) is 0 Å². The van der Waals surface area contributed by atoms with E-state index < -0.39 is 11.8 Å². The number of anilines is 1. The van der Waals surface area contributed by atoms with E-state index in [1.165, 1.54) is 0 Å². The van der Waals surface area contributed by atoms with Crippen molar-refractivity contribution < 1.29 is 14.3 Å². The summed E-state index contributed by atoms with van der Waals surface area (Å²) in [5.41, 5.74) is 1.71. The van der Waals surface area contributed by atoms with Gasteiger partial charge in [0.15, 0.2) is 0 Å². The molecule has 1 aromatic carbocycles. The van der Waals surface area contributed by atoms with E-state index in [1.54, 1.807) is 0 Å². The van der Waals surface area contributed by atoms with Crippen LogP contribution in [0, 0.1) is 0 Å². The molecule has 2 N–H and O–H groups in total. The van der Waals surface area contributed by atoms with Crippen molar-refractivity contribution in [2.24, 2.45) is 0 Å². The average molecular weight is 319 g/mol. The van der Waals surface area contributed by atoms with Crippen LogP contribution < -0.4 is 10.6 Å². The van der Waals surface area contributed by atoms with E-state index in [9.17, 15) is 9.59 Å². The second kappa shape index (κ2) is 9.27. The predicted octanol–water partition coefficient (Wildman–Crippen LogP) is 1.03. The highest BCUT2D eigenvalue weighted by Crippen LogP contribution is 2.15. The summed E-state index contributed by atoms with van der Waals surface area (Å²) in [5.74, 6) is -1.20. The van der Waals surface area contributed by atoms with Gasteiger partial charge < -0.3 is 15.4 Å². The van der Waals surface area contributed by atoms with Crippen LogP contribution in [-0.4, -0.2) is 56.1 Å². The van der Waals surface area contributed by atoms with Crippen LogP contribution in [-0.2, 0) is 20.7 Å². The van der Waals surface area contributed by atoms with Crippen LogP contribution in [0.2, 0.25) is 0 Å². The number of hydrogen-bond acceptors (Lipinski definition) is 4. The second-order valence-electron chi connectivity index (χ2n) is 5.53. The molecule has 1 aliphatic rings. The molecular formula is C17H25N3O3. The van der Waals surface area contributed by atoms with Crippen molar-refractivity contribution in [3.63, 3.8) is 0 Å². The van der Waals surface area contributed by atoms with E-state index in [0.29, 0.717) is 12.2 Å². The van der Waals surface area contributed by atoms with Gasteiger partial charge in [0.25, 0.3) is 0 Å². The number of benzene rings is 1. The van der Waals surface area contributed by atoms with Crippen LogP contribution in [0.25, 0.3) is 0 Å². The average Bonchev–Trinajstić information content (AvgIpc) is 2.60. The Hall–Kier alpha value is -1.92. The van der Waals surface area contributed by atoms with Crippen molar-refractivity contribution in [1.82, 2.24) is 10.2 Å². The second-order valence-corrected chi connectivity index (χ2v) is 5.53. The van der Waals surface area contributed by atoms with Crippen molar-refractivity contribution in [3.05, 3.63) is 29.8 Å². The third-order valence-electron chi connectivity index (χ3n) is 3.89. The van der Waals surface area contributed by atoms with Gasteiger partial charge in [0, 0.05) is 25.3 Å². The van der Waals surface area contributed by atoms with Crippen LogP contribution in [0.5, 0.6) is 0 Å². The first kappa shape index (κ1) is 17.4. The summed E-state index contributed by atoms with van der Waals surface area (Å²) in [4.78, 5) is 26.1. The number of para-hydroxylation sites is 1. The number of carbonyl (C=O) groups excluding carboxylic acids is 2. The van der Waals surface area contributed by atoms with Gasteiger partial charge in [0.2, 0.25) is 0 Å². The molecule has 6 nitrogen and oxygen atoms in total. The highest BCUT2D eigenvalue weighted by Gasteiger charge is 2.15. The summed E-state index contributed by atoms with van der Waals surface area (Å²) in [6.07, 6.45) is 1.63. The molecule has 0 unspecified atom stereocenters. The fraction of sp³-hybridized carbons (Fsp3) is 0.529. The van der Waals surface area contributed by atoms with Gasteiger partial charge in [-0.05, 0) is 31.0 Å². The molecule has 0 saturated carbocycles. The van der Waals surface area contributed by atoms with E-state index in [2.05, 4.69) is 15.5 Å². The van der Waals surface area contributed by atoms with Crippen molar-refractivity contribution in [2.45, 2.75) is 19.8 Å². The monoisotopic (exact) mass is 319 g/mol. The minimum absolute atomic E-state index is 0.499. The van der Waals surface area contributed by atoms with Crippen molar-refractivity contribution in [3.8, 4) is 0 Å². The minimum atomic E-state index is -0.614. The number of carbonyl (C=O) groups is 2. The molecular weight excluding hydrogens is 294 g/mol. The predicted molar refractivity (Wildman–Crippen MR) is 89.3 cm³/mol. The molecule has 1 aromatic rings. The van der Waals surface area contributed by atoms with Crippen LogP contribution in [0.3, 0.4) is 0 Å². The first-order valence-electron chi connectivity index (χ1n) is 8.18. The Morgan fingerprint density at radius 1 is 1.17 bits per heavy atom. The quantitative estimate of drug-likeness (QED) is 0.607. The maximum atomic E-state index is 11.9. The number of hydrogen-bond donors (Lipinski definition) is 2. The molecule has 2 rings (SSSR count). The molecule has 0 spiro atoms. The van der Waals surface area contributed by atoms with Crippen molar-refractivity contribution in [2.75, 3.05) is 44.7 Å². The summed E-state index contributed by atoms with van der Waals surface area (Å²) in [6, 6.07) is 7.51. The Balaban J connectivity index is 1.69. The fourth-order valence-corrected chi connectivity index (χ4v) is 2.54. The largest absolute Gasteiger partial charge is 0.379 e. The van der Waals surface area contributed by atoms with Crippen molar-refractivity contribution >= 4 is 17.5 Å². The molecule has 23 heavy (non-hydrogen) atoms. The summed E-state index contributed by atoms with van der Waals surface area (Å²) in [5, 5.41) is 5.34. The number of amides is 2. The highest BCUT2D eigenvalue weighted by molar-refractivity contribution is 6.39. The molecule has 0 atom stereocenters. The first-order chi connectivity index (χ1) is 11.2. The Bertz CT molecular complexity index is 528. The topological polar surface area (TPSA) is 70.7 Å². The lowest BCUT2D eigenvalue weighted by atomic mass is 10.1. The maximum Gasteiger partial charge on any atom is 0.313 e. The van der Waals surface area contributed by atoms with Gasteiger partial charge in [-0.15, -0.1) is 0 Å². The minimum Gasteiger partial charge on any atom is -0.379 e. The highest BCUT2D eigenvalue weighted by atomic mass is 16.5. The van der Waals surface area contributed by atoms with Gasteiger partial charge in [0.1, 0.15) is 0 Å². The Morgan fingerprint density at radius 3 is 2.65 bits per heavy atom. The standard InChI is InChI=1S/C17H25N3O3/c1-2-14-6-3-4-7-15(14)19-17(22)16(21)18-8-5-9-20-10-12-23-13-11-20/h3-4,6-7H,2,5,8-13H2,1H3,(H,18,21)(H,19,22). The molecule has 1 aliphatic heterocycles. The Labute approximate surface area is 137 Å². The zero-order valence-electron chi connectivity index (χ0n) is 13.6. The van der Waals surface area contributed by atoms with E-state index in [1.807, 2.05) is 31.2 Å². The molecule has 6 heteroatoms. The smallest absolute Gasteiger partial charge is 0.313 e. The lowest BCUT2D eigenvalue weighted by molar-refractivity contribution is -0.136.